The minimum absolute atomic E-state index is 0.0628. The van der Waals surface area contributed by atoms with E-state index in [2.05, 4.69) is 4.99 Å². The van der Waals surface area contributed by atoms with Gasteiger partial charge in [0.2, 0.25) is 5.91 Å². The van der Waals surface area contributed by atoms with Gasteiger partial charge in [0.15, 0.2) is 15.0 Å². The molecule has 3 rings (SSSR count). The molecule has 2 saturated heterocycles. The van der Waals surface area contributed by atoms with Gasteiger partial charge < -0.3 is 4.90 Å². The second-order valence-corrected chi connectivity index (χ2v) is 10.3. The molecule has 2 aliphatic heterocycles. The standard InChI is InChI=1S/C16H19ClN2O3S2/c1-10(2)7-15(20)18-16-19(12-6-4-3-5-11(12)17)13-8-24(21,22)9-14(13)23-16/h3-6,10,13-14H,7-9H2,1-2H3/t13-,14-/m1/s1. The number of hydrogen-bond donors (Lipinski definition) is 0. The first-order chi connectivity index (χ1) is 11.3. The van der Waals surface area contributed by atoms with Crippen molar-refractivity contribution in [2.24, 2.45) is 10.9 Å². The lowest BCUT2D eigenvalue weighted by Gasteiger charge is -2.25. The molecule has 2 heterocycles. The topological polar surface area (TPSA) is 66.8 Å². The summed E-state index contributed by atoms with van der Waals surface area (Å²) in [5, 5.41) is 0.961. The smallest absolute Gasteiger partial charge is 0.248 e. The Morgan fingerprint density at radius 1 is 1.38 bits per heavy atom. The van der Waals surface area contributed by atoms with E-state index in [1.807, 2.05) is 36.9 Å². The van der Waals surface area contributed by atoms with E-state index < -0.39 is 9.84 Å². The fraction of sp³-hybridized carbons (Fsp3) is 0.500. The maximum absolute atomic E-state index is 12.1. The van der Waals surface area contributed by atoms with Crippen LogP contribution < -0.4 is 4.90 Å². The van der Waals surface area contributed by atoms with E-state index in [4.69, 9.17) is 11.6 Å². The summed E-state index contributed by atoms with van der Waals surface area (Å²) < 4.78 is 24.0. The van der Waals surface area contributed by atoms with Gasteiger partial charge in [-0.15, -0.1) is 0 Å². The van der Waals surface area contributed by atoms with E-state index in [1.165, 1.54) is 11.8 Å². The number of benzene rings is 1. The Kier molecular flexibility index (Phi) is 4.95. The second kappa shape index (κ2) is 6.69. The van der Waals surface area contributed by atoms with Gasteiger partial charge in [0.25, 0.3) is 0 Å². The van der Waals surface area contributed by atoms with Gasteiger partial charge in [0, 0.05) is 11.7 Å². The van der Waals surface area contributed by atoms with Gasteiger partial charge in [0.05, 0.1) is 28.3 Å². The minimum Gasteiger partial charge on any atom is -0.314 e. The van der Waals surface area contributed by atoms with Gasteiger partial charge in [-0.3, -0.25) is 4.79 Å². The fourth-order valence-corrected chi connectivity index (χ4v) is 7.15. The number of fused-ring (bicyclic) bond motifs is 1. The number of hydrogen-bond acceptors (Lipinski definition) is 4. The molecule has 130 valence electrons. The van der Waals surface area contributed by atoms with E-state index >= 15 is 0 Å². The highest BCUT2D eigenvalue weighted by Crippen LogP contribution is 2.42. The van der Waals surface area contributed by atoms with Gasteiger partial charge in [-0.1, -0.05) is 49.3 Å². The molecule has 2 atom stereocenters. The van der Waals surface area contributed by atoms with Crippen LogP contribution in [0.25, 0.3) is 0 Å². The first kappa shape index (κ1) is 17.8. The Balaban J connectivity index is 1.99. The molecule has 0 aliphatic carbocycles. The van der Waals surface area contributed by atoms with Crippen molar-refractivity contribution in [3.8, 4) is 0 Å². The average Bonchev–Trinajstić information content (AvgIpc) is 2.90. The van der Waals surface area contributed by atoms with Gasteiger partial charge >= 0.3 is 0 Å². The lowest BCUT2D eigenvalue weighted by atomic mass is 10.1. The van der Waals surface area contributed by atoms with Gasteiger partial charge in [0.1, 0.15) is 0 Å². The molecule has 1 amide bonds. The number of rotatable bonds is 3. The van der Waals surface area contributed by atoms with Crippen LogP contribution in [0, 0.1) is 5.92 Å². The molecule has 0 spiro atoms. The zero-order valence-electron chi connectivity index (χ0n) is 13.5. The molecular weight excluding hydrogens is 368 g/mol. The molecule has 8 heteroatoms. The number of amidine groups is 1. The van der Waals surface area contributed by atoms with Crippen LogP contribution in [0.5, 0.6) is 0 Å². The molecule has 5 nitrogen and oxygen atoms in total. The van der Waals surface area contributed by atoms with Crippen LogP contribution in [0.3, 0.4) is 0 Å². The van der Waals surface area contributed by atoms with Crippen LogP contribution in [0.1, 0.15) is 20.3 Å². The second-order valence-electron chi connectivity index (χ2n) is 6.51. The molecule has 2 aliphatic rings. The van der Waals surface area contributed by atoms with Crippen LogP contribution in [-0.4, -0.2) is 42.3 Å². The largest absolute Gasteiger partial charge is 0.314 e. The number of para-hydroxylation sites is 1. The molecule has 0 unspecified atom stereocenters. The Labute approximate surface area is 151 Å². The first-order valence-electron chi connectivity index (χ1n) is 7.79. The Morgan fingerprint density at radius 2 is 2.08 bits per heavy atom. The third-order valence-corrected chi connectivity index (χ3v) is 7.51. The van der Waals surface area contributed by atoms with Gasteiger partial charge in [-0.25, -0.2) is 8.42 Å². The van der Waals surface area contributed by atoms with Crippen molar-refractivity contribution in [2.75, 3.05) is 16.4 Å². The summed E-state index contributed by atoms with van der Waals surface area (Å²) in [6.07, 6.45) is 0.369. The van der Waals surface area contributed by atoms with Crippen molar-refractivity contribution >= 4 is 50.0 Å². The number of nitrogens with zero attached hydrogens (tertiary/aromatic N) is 2. The predicted octanol–water partition coefficient (Wildman–Crippen LogP) is 2.99. The van der Waals surface area contributed by atoms with Gasteiger partial charge in [-0.2, -0.15) is 4.99 Å². The fourth-order valence-electron chi connectivity index (χ4n) is 2.99. The number of amides is 1. The highest BCUT2D eigenvalue weighted by atomic mass is 35.5. The van der Waals surface area contributed by atoms with Crippen molar-refractivity contribution in [1.82, 2.24) is 0 Å². The third-order valence-electron chi connectivity index (χ3n) is 3.98. The summed E-state index contributed by atoms with van der Waals surface area (Å²) in [6, 6.07) is 7.02. The number of halogens is 1. The molecule has 1 aromatic carbocycles. The van der Waals surface area contributed by atoms with Crippen LogP contribution >= 0.6 is 23.4 Å². The lowest BCUT2D eigenvalue weighted by molar-refractivity contribution is -0.118. The first-order valence-corrected chi connectivity index (χ1v) is 10.9. The maximum Gasteiger partial charge on any atom is 0.248 e. The van der Waals surface area contributed by atoms with Gasteiger partial charge in [-0.05, 0) is 18.1 Å². The molecule has 1 aromatic rings. The summed E-state index contributed by atoms with van der Waals surface area (Å²) >= 11 is 7.68. The number of thioether (sulfide) groups is 1. The number of carbonyl (C=O) groups is 1. The normalized spacial score (nSPS) is 27.0. The summed E-state index contributed by atoms with van der Waals surface area (Å²) in [7, 11) is -3.08. The number of aliphatic imine (C=N–C) groups is 1. The van der Waals surface area contributed by atoms with E-state index in [1.54, 1.807) is 6.07 Å². The third kappa shape index (κ3) is 3.63. The summed E-state index contributed by atoms with van der Waals surface area (Å²) in [6.45, 7) is 3.93. The molecule has 0 saturated carbocycles. The summed E-state index contributed by atoms with van der Waals surface area (Å²) in [5.74, 6) is 0.211. The van der Waals surface area contributed by atoms with Crippen LogP contribution in [0.4, 0.5) is 5.69 Å². The molecule has 0 bridgehead atoms. The van der Waals surface area contributed by atoms with Crippen molar-refractivity contribution in [2.45, 2.75) is 31.6 Å². The van der Waals surface area contributed by atoms with Crippen molar-refractivity contribution < 1.29 is 13.2 Å². The van der Waals surface area contributed by atoms with Crippen molar-refractivity contribution in [3.63, 3.8) is 0 Å². The molecule has 0 radical (unpaired) electrons. The van der Waals surface area contributed by atoms with Crippen molar-refractivity contribution in [3.05, 3.63) is 29.3 Å². The van der Waals surface area contributed by atoms with E-state index in [0.29, 0.717) is 22.3 Å². The van der Waals surface area contributed by atoms with E-state index in [-0.39, 0.29) is 34.6 Å². The highest BCUT2D eigenvalue weighted by Gasteiger charge is 2.49. The monoisotopic (exact) mass is 386 g/mol. The SMILES string of the molecule is CC(C)CC(=O)N=C1S[C@@H]2CS(=O)(=O)C[C@H]2N1c1ccccc1Cl. The molecule has 24 heavy (non-hydrogen) atoms. The molecule has 0 aromatic heterocycles. The zero-order valence-corrected chi connectivity index (χ0v) is 15.9. The quantitative estimate of drug-likeness (QED) is 0.798. The number of carbonyl (C=O) groups excluding carboxylic acids is 1. The molecule has 0 N–H and O–H groups in total. The highest BCUT2D eigenvalue weighted by molar-refractivity contribution is 8.16. The van der Waals surface area contributed by atoms with Crippen LogP contribution in [-0.2, 0) is 14.6 Å². The predicted molar refractivity (Wildman–Crippen MR) is 99.6 cm³/mol. The molecule has 2 fully saturated rings. The van der Waals surface area contributed by atoms with E-state index in [9.17, 15) is 13.2 Å². The van der Waals surface area contributed by atoms with Crippen molar-refractivity contribution in [1.29, 1.82) is 0 Å². The Bertz CT molecular complexity index is 792. The molecular formula is C16H19ClN2O3S2. The summed E-state index contributed by atoms with van der Waals surface area (Å²) in [4.78, 5) is 18.2. The number of anilines is 1. The Hall–Kier alpha value is -1.05. The van der Waals surface area contributed by atoms with E-state index in [0.717, 1.165) is 0 Å². The number of sulfone groups is 1. The lowest BCUT2D eigenvalue weighted by Crippen LogP contribution is -2.37. The van der Waals surface area contributed by atoms with Crippen LogP contribution in [0.2, 0.25) is 5.02 Å². The maximum atomic E-state index is 12.1. The minimum atomic E-state index is -3.08. The zero-order chi connectivity index (χ0) is 17.5. The Morgan fingerprint density at radius 3 is 2.75 bits per heavy atom. The van der Waals surface area contributed by atoms with Crippen LogP contribution in [0.15, 0.2) is 29.3 Å². The summed E-state index contributed by atoms with van der Waals surface area (Å²) in [5.41, 5.74) is 0.701. The average molecular weight is 387 g/mol.